The molecule has 0 fully saturated rings. The van der Waals surface area contributed by atoms with Crippen molar-refractivity contribution in [1.29, 1.82) is 0 Å². The van der Waals surface area contributed by atoms with Gasteiger partial charge in [0.1, 0.15) is 0 Å². The van der Waals surface area contributed by atoms with Crippen molar-refractivity contribution < 1.29 is 9.66 Å². The molecule has 0 atom stereocenters. The van der Waals surface area contributed by atoms with E-state index in [2.05, 4.69) is 10.4 Å². The fraction of sp³-hybridized carbons (Fsp3) is 0.308. The van der Waals surface area contributed by atoms with Crippen molar-refractivity contribution in [3.63, 3.8) is 0 Å². The Morgan fingerprint density at radius 1 is 1.45 bits per heavy atom. The van der Waals surface area contributed by atoms with Crippen molar-refractivity contribution in [3.8, 4) is 5.69 Å². The number of nitrogens with zero attached hydrogens (tertiary/aromatic N) is 3. The summed E-state index contributed by atoms with van der Waals surface area (Å²) >= 11 is 0. The largest absolute Gasteiger partial charge is 0.383 e. The van der Waals surface area contributed by atoms with E-state index < -0.39 is 4.92 Å². The molecule has 1 heterocycles. The number of rotatable bonds is 7. The minimum absolute atomic E-state index is 0.0535. The zero-order chi connectivity index (χ0) is 14.4. The number of nitro groups is 1. The zero-order valence-corrected chi connectivity index (χ0v) is 11.2. The van der Waals surface area contributed by atoms with Gasteiger partial charge in [-0.2, -0.15) is 5.10 Å². The summed E-state index contributed by atoms with van der Waals surface area (Å²) in [6.07, 6.45) is 1.78. The molecule has 0 spiro atoms. The molecular weight excluding hydrogens is 260 g/mol. The molecule has 0 saturated heterocycles. The topological polar surface area (TPSA) is 82.2 Å². The monoisotopic (exact) mass is 276 g/mol. The maximum atomic E-state index is 10.7. The molecule has 0 amide bonds. The van der Waals surface area contributed by atoms with Gasteiger partial charge < -0.3 is 10.1 Å². The van der Waals surface area contributed by atoms with E-state index in [1.807, 2.05) is 6.07 Å². The van der Waals surface area contributed by atoms with Gasteiger partial charge in [0.15, 0.2) is 0 Å². The summed E-state index contributed by atoms with van der Waals surface area (Å²) in [6, 6.07) is 8.25. The molecule has 2 rings (SSSR count). The number of hydrogen-bond donors (Lipinski definition) is 1. The van der Waals surface area contributed by atoms with Crippen molar-refractivity contribution in [2.75, 3.05) is 20.3 Å². The number of nitrogens with one attached hydrogen (secondary N) is 1. The van der Waals surface area contributed by atoms with Crippen molar-refractivity contribution in [1.82, 2.24) is 15.1 Å². The van der Waals surface area contributed by atoms with Gasteiger partial charge in [0, 0.05) is 38.5 Å². The lowest BCUT2D eigenvalue weighted by Crippen LogP contribution is -2.18. The molecule has 2 aromatic rings. The van der Waals surface area contributed by atoms with Crippen LogP contribution in [0.25, 0.3) is 5.69 Å². The lowest BCUT2D eigenvalue weighted by atomic mass is 10.3. The predicted molar refractivity (Wildman–Crippen MR) is 73.8 cm³/mol. The van der Waals surface area contributed by atoms with Crippen LogP contribution in [0.3, 0.4) is 0 Å². The minimum Gasteiger partial charge on any atom is -0.383 e. The molecule has 7 nitrogen and oxygen atoms in total. The molecule has 1 aromatic carbocycles. The van der Waals surface area contributed by atoms with Crippen LogP contribution in [0.4, 0.5) is 5.69 Å². The van der Waals surface area contributed by atoms with Gasteiger partial charge in [-0.05, 0) is 12.1 Å². The third-order valence-corrected chi connectivity index (χ3v) is 2.74. The summed E-state index contributed by atoms with van der Waals surface area (Å²) in [5.41, 5.74) is 1.59. The first-order valence-corrected chi connectivity index (χ1v) is 6.20. The first kappa shape index (κ1) is 14.2. The quantitative estimate of drug-likeness (QED) is 0.471. The van der Waals surface area contributed by atoms with E-state index in [1.165, 1.54) is 12.1 Å². The van der Waals surface area contributed by atoms with E-state index >= 15 is 0 Å². The van der Waals surface area contributed by atoms with E-state index in [0.717, 1.165) is 12.2 Å². The molecule has 0 aliphatic rings. The summed E-state index contributed by atoms with van der Waals surface area (Å²) in [6.45, 7) is 2.02. The summed E-state index contributed by atoms with van der Waals surface area (Å²) in [5.74, 6) is 0. The van der Waals surface area contributed by atoms with E-state index in [0.29, 0.717) is 18.8 Å². The standard InChI is InChI=1S/C13H16N4O3/c1-20-8-6-14-10-11-5-7-16(15-11)12-3-2-4-13(9-12)17(18)19/h2-5,7,9,14H,6,8,10H2,1H3. The highest BCUT2D eigenvalue weighted by molar-refractivity contribution is 5.42. The van der Waals surface area contributed by atoms with Crippen LogP contribution in [0.15, 0.2) is 36.5 Å². The van der Waals surface area contributed by atoms with Crippen molar-refractivity contribution in [2.24, 2.45) is 0 Å². The number of nitro benzene ring substituents is 1. The highest BCUT2D eigenvalue weighted by Gasteiger charge is 2.07. The lowest BCUT2D eigenvalue weighted by molar-refractivity contribution is -0.384. The Balaban J connectivity index is 2.04. The Morgan fingerprint density at radius 3 is 3.05 bits per heavy atom. The second-order valence-electron chi connectivity index (χ2n) is 4.20. The highest BCUT2D eigenvalue weighted by Crippen LogP contribution is 2.16. The average molecular weight is 276 g/mol. The predicted octanol–water partition coefficient (Wildman–Crippen LogP) is 1.52. The Morgan fingerprint density at radius 2 is 2.30 bits per heavy atom. The van der Waals surface area contributed by atoms with Gasteiger partial charge in [0.2, 0.25) is 0 Å². The van der Waals surface area contributed by atoms with Crippen molar-refractivity contribution in [3.05, 3.63) is 52.3 Å². The maximum absolute atomic E-state index is 10.7. The Hall–Kier alpha value is -2.25. The Bertz CT molecular complexity index is 583. The number of benzene rings is 1. The van der Waals surface area contributed by atoms with Gasteiger partial charge in [-0.25, -0.2) is 4.68 Å². The molecule has 106 valence electrons. The maximum Gasteiger partial charge on any atom is 0.271 e. The van der Waals surface area contributed by atoms with Crippen LogP contribution in [0.1, 0.15) is 5.69 Å². The number of hydrogen-bond acceptors (Lipinski definition) is 5. The molecular formula is C13H16N4O3. The Kier molecular flexibility index (Phi) is 4.80. The second kappa shape index (κ2) is 6.78. The summed E-state index contributed by atoms with van der Waals surface area (Å²) in [7, 11) is 1.65. The molecule has 0 aliphatic heterocycles. The smallest absolute Gasteiger partial charge is 0.271 e. The highest BCUT2D eigenvalue weighted by atomic mass is 16.6. The fourth-order valence-electron chi connectivity index (χ4n) is 1.74. The molecule has 0 unspecified atom stereocenters. The second-order valence-corrected chi connectivity index (χ2v) is 4.20. The summed E-state index contributed by atoms with van der Waals surface area (Å²) < 4.78 is 6.56. The number of methoxy groups -OCH3 is 1. The van der Waals surface area contributed by atoms with Crippen LogP contribution in [0.2, 0.25) is 0 Å². The van der Waals surface area contributed by atoms with Gasteiger partial charge in [0.25, 0.3) is 5.69 Å². The molecule has 1 aromatic heterocycles. The van der Waals surface area contributed by atoms with Gasteiger partial charge >= 0.3 is 0 Å². The van der Waals surface area contributed by atoms with E-state index in [9.17, 15) is 10.1 Å². The average Bonchev–Trinajstić information content (AvgIpc) is 2.92. The van der Waals surface area contributed by atoms with E-state index in [1.54, 1.807) is 30.1 Å². The number of ether oxygens (including phenoxy) is 1. The van der Waals surface area contributed by atoms with Crippen LogP contribution >= 0.6 is 0 Å². The van der Waals surface area contributed by atoms with Gasteiger partial charge in [-0.3, -0.25) is 10.1 Å². The van der Waals surface area contributed by atoms with E-state index in [-0.39, 0.29) is 5.69 Å². The zero-order valence-electron chi connectivity index (χ0n) is 11.2. The molecule has 0 saturated carbocycles. The summed E-state index contributed by atoms with van der Waals surface area (Å²) in [5, 5.41) is 18.3. The first-order chi connectivity index (χ1) is 9.70. The van der Waals surface area contributed by atoms with E-state index in [4.69, 9.17) is 4.74 Å². The van der Waals surface area contributed by atoms with Gasteiger partial charge in [0.05, 0.1) is 22.9 Å². The SMILES string of the molecule is COCCNCc1ccn(-c2cccc([N+](=O)[O-])c2)n1. The van der Waals surface area contributed by atoms with Crippen LogP contribution in [0.5, 0.6) is 0 Å². The molecule has 0 radical (unpaired) electrons. The number of aromatic nitrogens is 2. The van der Waals surface area contributed by atoms with Crippen molar-refractivity contribution in [2.45, 2.75) is 6.54 Å². The van der Waals surface area contributed by atoms with Crippen molar-refractivity contribution >= 4 is 5.69 Å². The Labute approximate surface area is 116 Å². The van der Waals surface area contributed by atoms with Crippen LogP contribution in [0, 0.1) is 10.1 Å². The molecule has 0 bridgehead atoms. The van der Waals surface area contributed by atoms with Crippen LogP contribution in [-0.2, 0) is 11.3 Å². The molecule has 1 N–H and O–H groups in total. The number of non-ortho nitro benzene ring substituents is 1. The van der Waals surface area contributed by atoms with Gasteiger partial charge in [-0.15, -0.1) is 0 Å². The third kappa shape index (κ3) is 3.62. The summed E-state index contributed by atoms with van der Waals surface area (Å²) in [4.78, 5) is 10.3. The van der Waals surface area contributed by atoms with Gasteiger partial charge in [-0.1, -0.05) is 6.07 Å². The molecule has 7 heteroatoms. The van der Waals surface area contributed by atoms with Crippen LogP contribution < -0.4 is 5.32 Å². The fourth-order valence-corrected chi connectivity index (χ4v) is 1.74. The minimum atomic E-state index is -0.416. The molecule has 20 heavy (non-hydrogen) atoms. The van der Waals surface area contributed by atoms with Crippen LogP contribution in [-0.4, -0.2) is 35.0 Å². The normalized spacial score (nSPS) is 10.7. The molecule has 0 aliphatic carbocycles. The first-order valence-electron chi connectivity index (χ1n) is 6.20. The third-order valence-electron chi connectivity index (χ3n) is 2.74. The lowest BCUT2D eigenvalue weighted by Gasteiger charge is -2.02.